The van der Waals surface area contributed by atoms with E-state index in [9.17, 15) is 0 Å². The third-order valence-electron chi connectivity index (χ3n) is 2.77. The summed E-state index contributed by atoms with van der Waals surface area (Å²) in [6, 6.07) is 11.3. The topological polar surface area (TPSA) is 64.9 Å². The molecule has 3 aromatic rings. The lowest BCUT2D eigenvalue weighted by Crippen LogP contribution is -1.98. The van der Waals surface area contributed by atoms with Crippen molar-refractivity contribution in [3.63, 3.8) is 0 Å². The number of hydrogen-bond donors (Lipinski definition) is 1. The van der Waals surface area contributed by atoms with Gasteiger partial charge < -0.3 is 10.1 Å². The Bertz CT molecular complexity index is 711. The van der Waals surface area contributed by atoms with Crippen molar-refractivity contribution in [1.82, 2.24) is 19.5 Å². The SMILES string of the molecule is CCOc1cccc(Nc2cn(-c3ccccn3)cn2)n1. The molecule has 0 unspecified atom stereocenters. The fourth-order valence-electron chi connectivity index (χ4n) is 1.86. The van der Waals surface area contributed by atoms with Crippen molar-refractivity contribution in [3.8, 4) is 11.7 Å². The second-order valence-electron chi connectivity index (χ2n) is 4.27. The molecule has 0 radical (unpaired) electrons. The summed E-state index contributed by atoms with van der Waals surface area (Å²) in [4.78, 5) is 12.9. The number of nitrogens with one attached hydrogen (secondary N) is 1. The maximum atomic E-state index is 5.37. The van der Waals surface area contributed by atoms with E-state index in [-0.39, 0.29) is 0 Å². The molecule has 0 bridgehead atoms. The number of hydrogen-bond acceptors (Lipinski definition) is 5. The van der Waals surface area contributed by atoms with Crippen LogP contribution in [0.5, 0.6) is 5.88 Å². The summed E-state index contributed by atoms with van der Waals surface area (Å²) in [6.07, 6.45) is 5.31. The molecule has 21 heavy (non-hydrogen) atoms. The van der Waals surface area contributed by atoms with E-state index in [1.807, 2.05) is 54.1 Å². The molecule has 0 aliphatic rings. The van der Waals surface area contributed by atoms with Crippen molar-refractivity contribution in [2.75, 3.05) is 11.9 Å². The molecule has 0 aromatic carbocycles. The van der Waals surface area contributed by atoms with Gasteiger partial charge in [0.25, 0.3) is 0 Å². The molecule has 0 amide bonds. The Morgan fingerprint density at radius 1 is 1.10 bits per heavy atom. The van der Waals surface area contributed by atoms with Crippen LogP contribution in [0.2, 0.25) is 0 Å². The quantitative estimate of drug-likeness (QED) is 0.779. The normalized spacial score (nSPS) is 10.3. The molecule has 0 spiro atoms. The molecule has 0 aliphatic heterocycles. The number of anilines is 2. The molecule has 3 rings (SSSR count). The Morgan fingerprint density at radius 3 is 2.86 bits per heavy atom. The maximum Gasteiger partial charge on any atom is 0.215 e. The summed E-state index contributed by atoms with van der Waals surface area (Å²) >= 11 is 0. The van der Waals surface area contributed by atoms with Crippen LogP contribution in [0.25, 0.3) is 5.82 Å². The number of pyridine rings is 2. The highest BCUT2D eigenvalue weighted by Gasteiger charge is 2.03. The molecule has 3 heterocycles. The molecule has 0 saturated carbocycles. The largest absolute Gasteiger partial charge is 0.478 e. The van der Waals surface area contributed by atoms with E-state index in [1.165, 1.54) is 0 Å². The number of ether oxygens (including phenoxy) is 1. The van der Waals surface area contributed by atoms with Crippen LogP contribution < -0.4 is 10.1 Å². The zero-order chi connectivity index (χ0) is 14.5. The number of rotatable bonds is 5. The molecule has 0 aliphatic carbocycles. The van der Waals surface area contributed by atoms with Crippen LogP contribution in [0.15, 0.2) is 55.1 Å². The first-order valence-corrected chi connectivity index (χ1v) is 6.67. The van der Waals surface area contributed by atoms with Gasteiger partial charge in [0, 0.05) is 12.3 Å². The fraction of sp³-hybridized carbons (Fsp3) is 0.133. The van der Waals surface area contributed by atoms with Crippen molar-refractivity contribution in [2.45, 2.75) is 6.92 Å². The van der Waals surface area contributed by atoms with Gasteiger partial charge in [-0.15, -0.1) is 0 Å². The Morgan fingerprint density at radius 2 is 2.05 bits per heavy atom. The number of aromatic nitrogens is 4. The average Bonchev–Trinajstić information content (AvgIpc) is 2.97. The molecule has 6 heteroatoms. The number of imidazole rings is 1. The summed E-state index contributed by atoms with van der Waals surface area (Å²) < 4.78 is 7.21. The smallest absolute Gasteiger partial charge is 0.215 e. The Labute approximate surface area is 122 Å². The minimum Gasteiger partial charge on any atom is -0.478 e. The monoisotopic (exact) mass is 281 g/mol. The van der Waals surface area contributed by atoms with Gasteiger partial charge in [-0.05, 0) is 25.1 Å². The zero-order valence-corrected chi connectivity index (χ0v) is 11.6. The zero-order valence-electron chi connectivity index (χ0n) is 11.6. The van der Waals surface area contributed by atoms with Crippen molar-refractivity contribution in [3.05, 3.63) is 55.1 Å². The average molecular weight is 281 g/mol. The van der Waals surface area contributed by atoms with Gasteiger partial charge in [0.15, 0.2) is 0 Å². The summed E-state index contributed by atoms with van der Waals surface area (Å²) in [6.45, 7) is 2.51. The lowest BCUT2D eigenvalue weighted by Gasteiger charge is -2.05. The lowest BCUT2D eigenvalue weighted by molar-refractivity contribution is 0.327. The van der Waals surface area contributed by atoms with Gasteiger partial charge in [0.05, 0.1) is 12.8 Å². The van der Waals surface area contributed by atoms with Gasteiger partial charge >= 0.3 is 0 Å². The third-order valence-corrected chi connectivity index (χ3v) is 2.77. The van der Waals surface area contributed by atoms with Crippen LogP contribution >= 0.6 is 0 Å². The second-order valence-corrected chi connectivity index (χ2v) is 4.27. The van der Waals surface area contributed by atoms with Crippen LogP contribution in [0.3, 0.4) is 0 Å². The van der Waals surface area contributed by atoms with Crippen molar-refractivity contribution in [1.29, 1.82) is 0 Å². The molecule has 0 saturated heterocycles. The Balaban J connectivity index is 1.77. The first-order chi connectivity index (χ1) is 10.3. The lowest BCUT2D eigenvalue weighted by atomic mass is 10.4. The molecular weight excluding hydrogens is 266 g/mol. The van der Waals surface area contributed by atoms with E-state index in [4.69, 9.17) is 4.74 Å². The van der Waals surface area contributed by atoms with E-state index >= 15 is 0 Å². The van der Waals surface area contributed by atoms with Gasteiger partial charge in [-0.2, -0.15) is 4.98 Å². The van der Waals surface area contributed by atoms with Crippen molar-refractivity contribution in [2.24, 2.45) is 0 Å². The maximum absolute atomic E-state index is 5.37. The molecule has 0 fully saturated rings. The van der Waals surface area contributed by atoms with Crippen LogP contribution in [-0.2, 0) is 0 Å². The van der Waals surface area contributed by atoms with Crippen LogP contribution in [0, 0.1) is 0 Å². The first kappa shape index (κ1) is 13.1. The highest BCUT2D eigenvalue weighted by molar-refractivity contribution is 5.51. The molecule has 1 N–H and O–H groups in total. The summed E-state index contributed by atoms with van der Waals surface area (Å²) in [5, 5.41) is 3.14. The van der Waals surface area contributed by atoms with Crippen molar-refractivity contribution >= 4 is 11.6 Å². The summed E-state index contributed by atoms with van der Waals surface area (Å²) in [5.74, 6) is 2.79. The van der Waals surface area contributed by atoms with E-state index in [2.05, 4.69) is 20.3 Å². The molecular formula is C15H15N5O. The molecule has 106 valence electrons. The Kier molecular flexibility index (Phi) is 3.77. The molecule has 0 atom stereocenters. The summed E-state index contributed by atoms with van der Waals surface area (Å²) in [5.41, 5.74) is 0. The van der Waals surface area contributed by atoms with Gasteiger partial charge in [0.2, 0.25) is 5.88 Å². The van der Waals surface area contributed by atoms with E-state index in [0.717, 1.165) is 5.82 Å². The van der Waals surface area contributed by atoms with Gasteiger partial charge in [-0.1, -0.05) is 12.1 Å². The molecule has 6 nitrogen and oxygen atoms in total. The van der Waals surface area contributed by atoms with E-state index in [1.54, 1.807) is 12.5 Å². The fourth-order valence-corrected chi connectivity index (χ4v) is 1.86. The minimum atomic E-state index is 0.588. The highest BCUT2D eigenvalue weighted by atomic mass is 16.5. The van der Waals surface area contributed by atoms with E-state index < -0.39 is 0 Å². The van der Waals surface area contributed by atoms with Crippen molar-refractivity contribution < 1.29 is 4.74 Å². The standard InChI is InChI=1S/C15H15N5O/c1-2-21-15-8-5-6-12(19-15)18-13-10-20(11-17-13)14-7-3-4-9-16-14/h3-11H,2H2,1H3,(H,18,19). The predicted octanol–water partition coefficient (Wildman–Crippen LogP) is 2.80. The minimum absolute atomic E-state index is 0.588. The van der Waals surface area contributed by atoms with Crippen LogP contribution in [0.1, 0.15) is 6.92 Å². The second kappa shape index (κ2) is 6.04. The van der Waals surface area contributed by atoms with E-state index in [0.29, 0.717) is 24.1 Å². The van der Waals surface area contributed by atoms with Crippen LogP contribution in [0.4, 0.5) is 11.6 Å². The highest BCUT2D eigenvalue weighted by Crippen LogP contribution is 2.16. The number of nitrogens with zero attached hydrogens (tertiary/aromatic N) is 4. The van der Waals surface area contributed by atoms with Gasteiger partial charge in [-0.3, -0.25) is 4.57 Å². The van der Waals surface area contributed by atoms with Gasteiger partial charge in [-0.25, -0.2) is 9.97 Å². The first-order valence-electron chi connectivity index (χ1n) is 6.67. The molecule has 3 aromatic heterocycles. The predicted molar refractivity (Wildman–Crippen MR) is 80.0 cm³/mol. The van der Waals surface area contributed by atoms with Gasteiger partial charge in [0.1, 0.15) is 23.8 Å². The Hall–Kier alpha value is -2.89. The third kappa shape index (κ3) is 3.17. The van der Waals surface area contributed by atoms with Crippen LogP contribution in [-0.4, -0.2) is 26.1 Å². The summed E-state index contributed by atoms with van der Waals surface area (Å²) in [7, 11) is 0.